The molecule has 1 aromatic carbocycles. The van der Waals surface area contributed by atoms with Gasteiger partial charge in [0, 0.05) is 9.26 Å². The van der Waals surface area contributed by atoms with Crippen LogP contribution in [0.5, 0.6) is 0 Å². The summed E-state index contributed by atoms with van der Waals surface area (Å²) in [5.41, 5.74) is 3.25. The average molecular weight is 416 g/mol. The van der Waals surface area contributed by atoms with E-state index in [2.05, 4.69) is 32.6 Å². The first-order chi connectivity index (χ1) is 9.97. The maximum atomic E-state index is 13.4. The van der Waals surface area contributed by atoms with E-state index in [9.17, 15) is 4.39 Å². The smallest absolute Gasteiger partial charge is 0.165 e. The molecule has 21 heavy (non-hydrogen) atoms. The molecule has 0 aliphatic rings. The highest BCUT2D eigenvalue weighted by atomic mass is 127. The Hall–Kier alpha value is -1.21. The molecule has 0 N–H and O–H groups in total. The van der Waals surface area contributed by atoms with Crippen LogP contribution in [0.1, 0.15) is 23.8 Å². The van der Waals surface area contributed by atoms with Crippen LogP contribution in [-0.2, 0) is 0 Å². The molecule has 0 aliphatic heterocycles. The predicted octanol–water partition coefficient (Wildman–Crippen LogP) is 4.77. The molecule has 2 heterocycles. The number of imidazole rings is 1. The molecule has 0 amide bonds. The molecule has 108 valence electrons. The Labute approximate surface area is 140 Å². The molecule has 0 saturated carbocycles. The van der Waals surface area contributed by atoms with Crippen LogP contribution in [0, 0.1) is 16.3 Å². The third-order valence-corrected chi connectivity index (χ3v) is 4.24. The summed E-state index contributed by atoms with van der Waals surface area (Å²) in [6, 6.07) is 8.48. The summed E-state index contributed by atoms with van der Waals surface area (Å²) in [6.07, 6.45) is 0. The summed E-state index contributed by atoms with van der Waals surface area (Å²) in [5, 5.41) is -0.277. The number of hydrogen-bond donors (Lipinski definition) is 0. The van der Waals surface area contributed by atoms with Crippen molar-refractivity contribution in [3.05, 3.63) is 51.2 Å². The third kappa shape index (κ3) is 2.64. The Balaban J connectivity index is 2.38. The number of aryl methyl sites for hydroxylation is 1. The molecule has 1 unspecified atom stereocenters. The second-order valence-electron chi connectivity index (χ2n) is 4.81. The fraction of sp³-hybridized carbons (Fsp3) is 0.200. The van der Waals surface area contributed by atoms with Crippen LogP contribution in [0.4, 0.5) is 4.39 Å². The number of halogens is 3. The normalized spacial score (nSPS) is 12.8. The minimum atomic E-state index is -0.277. The van der Waals surface area contributed by atoms with E-state index in [1.807, 2.05) is 30.5 Å². The van der Waals surface area contributed by atoms with E-state index >= 15 is 0 Å². The lowest BCUT2D eigenvalue weighted by atomic mass is 10.3. The Bertz CT molecular complexity index is 829. The van der Waals surface area contributed by atoms with E-state index in [0.29, 0.717) is 5.82 Å². The van der Waals surface area contributed by atoms with Gasteiger partial charge in [0.2, 0.25) is 0 Å². The number of nitrogens with zero attached hydrogens (tertiary/aromatic N) is 3. The molecule has 2 aromatic heterocycles. The Morgan fingerprint density at radius 1 is 1.24 bits per heavy atom. The average Bonchev–Trinajstić information content (AvgIpc) is 2.77. The molecule has 1 atom stereocenters. The van der Waals surface area contributed by atoms with Gasteiger partial charge in [-0.25, -0.2) is 14.4 Å². The summed E-state index contributed by atoms with van der Waals surface area (Å²) >= 11 is 8.37. The van der Waals surface area contributed by atoms with Crippen molar-refractivity contribution in [2.45, 2.75) is 19.2 Å². The van der Waals surface area contributed by atoms with Crippen LogP contribution in [0.2, 0.25) is 0 Å². The van der Waals surface area contributed by atoms with Crippen LogP contribution in [0.15, 0.2) is 30.3 Å². The van der Waals surface area contributed by atoms with Crippen LogP contribution in [-0.4, -0.2) is 14.5 Å². The zero-order valence-electron chi connectivity index (χ0n) is 11.4. The van der Waals surface area contributed by atoms with Crippen molar-refractivity contribution < 1.29 is 4.39 Å². The van der Waals surface area contributed by atoms with Crippen molar-refractivity contribution >= 4 is 45.4 Å². The van der Waals surface area contributed by atoms with E-state index < -0.39 is 0 Å². The molecule has 0 spiro atoms. The van der Waals surface area contributed by atoms with E-state index in [1.165, 1.54) is 12.1 Å². The molecular formula is C15H12ClFIN3. The lowest BCUT2D eigenvalue weighted by Crippen LogP contribution is -2.05. The summed E-state index contributed by atoms with van der Waals surface area (Å²) in [6.45, 7) is 3.79. The first kappa shape index (κ1) is 14.7. The fourth-order valence-electron chi connectivity index (χ4n) is 2.24. The molecular weight excluding hydrogens is 404 g/mol. The van der Waals surface area contributed by atoms with Crippen molar-refractivity contribution in [1.29, 1.82) is 0 Å². The van der Waals surface area contributed by atoms with E-state index in [4.69, 9.17) is 11.6 Å². The van der Waals surface area contributed by atoms with Gasteiger partial charge in [-0.05, 0) is 66.8 Å². The minimum absolute atomic E-state index is 0.266. The number of rotatable bonds is 2. The van der Waals surface area contributed by atoms with Crippen LogP contribution in [0.3, 0.4) is 0 Å². The van der Waals surface area contributed by atoms with Gasteiger partial charge in [0.1, 0.15) is 17.2 Å². The topological polar surface area (TPSA) is 30.7 Å². The first-order valence-electron chi connectivity index (χ1n) is 6.43. The van der Waals surface area contributed by atoms with Gasteiger partial charge < -0.3 is 0 Å². The van der Waals surface area contributed by atoms with Gasteiger partial charge >= 0.3 is 0 Å². The number of alkyl halides is 1. The van der Waals surface area contributed by atoms with E-state index in [-0.39, 0.29) is 11.2 Å². The number of pyridine rings is 1. The summed E-state index contributed by atoms with van der Waals surface area (Å²) < 4.78 is 16.0. The maximum Gasteiger partial charge on any atom is 0.165 e. The highest BCUT2D eigenvalue weighted by Crippen LogP contribution is 2.29. The molecule has 0 radical (unpaired) electrons. The lowest BCUT2D eigenvalue weighted by Gasteiger charge is -2.12. The number of fused-ring (bicyclic) bond motifs is 1. The zero-order valence-corrected chi connectivity index (χ0v) is 14.4. The third-order valence-electron chi connectivity index (χ3n) is 3.18. The fourth-order valence-corrected chi connectivity index (χ4v) is 3.10. The molecule has 6 heteroatoms. The largest absolute Gasteiger partial charge is 0.278 e. The van der Waals surface area contributed by atoms with Crippen molar-refractivity contribution in [1.82, 2.24) is 14.5 Å². The van der Waals surface area contributed by atoms with Gasteiger partial charge in [-0.1, -0.05) is 0 Å². The first-order valence-corrected chi connectivity index (χ1v) is 7.94. The monoisotopic (exact) mass is 415 g/mol. The van der Waals surface area contributed by atoms with Crippen molar-refractivity contribution in [3.8, 4) is 5.69 Å². The van der Waals surface area contributed by atoms with Gasteiger partial charge in [0.25, 0.3) is 0 Å². The highest BCUT2D eigenvalue weighted by Gasteiger charge is 2.19. The minimum Gasteiger partial charge on any atom is -0.278 e. The molecule has 3 nitrogen and oxygen atoms in total. The number of aromatic nitrogens is 3. The van der Waals surface area contributed by atoms with Gasteiger partial charge in [-0.3, -0.25) is 4.57 Å². The van der Waals surface area contributed by atoms with Gasteiger partial charge in [-0.15, -0.1) is 11.6 Å². The quantitative estimate of drug-likeness (QED) is 0.446. The summed E-state index contributed by atoms with van der Waals surface area (Å²) in [5.74, 6) is 0.437. The van der Waals surface area contributed by atoms with Crippen molar-refractivity contribution in [2.75, 3.05) is 0 Å². The van der Waals surface area contributed by atoms with Crippen LogP contribution >= 0.6 is 34.2 Å². The second-order valence-corrected chi connectivity index (χ2v) is 6.63. The Kier molecular flexibility index (Phi) is 3.88. The standard InChI is InChI=1S/C15H12ClFIN3/c1-8-3-5-12-15(19-8)21(14(20-12)9(2)16)13-6-4-10(17)7-11(13)18/h3-7,9H,1-2H3. The molecule has 0 aliphatic carbocycles. The van der Waals surface area contributed by atoms with Crippen molar-refractivity contribution in [2.24, 2.45) is 0 Å². The van der Waals surface area contributed by atoms with Crippen LogP contribution < -0.4 is 0 Å². The maximum absolute atomic E-state index is 13.4. The summed E-state index contributed by atoms with van der Waals surface area (Å²) in [7, 11) is 0. The van der Waals surface area contributed by atoms with E-state index in [1.54, 1.807) is 6.07 Å². The van der Waals surface area contributed by atoms with Gasteiger partial charge in [0.15, 0.2) is 5.65 Å². The molecule has 0 saturated heterocycles. The second kappa shape index (κ2) is 5.53. The highest BCUT2D eigenvalue weighted by molar-refractivity contribution is 14.1. The van der Waals surface area contributed by atoms with E-state index in [0.717, 1.165) is 26.1 Å². The Morgan fingerprint density at radius 2 is 2.00 bits per heavy atom. The molecule has 3 rings (SSSR count). The molecule has 3 aromatic rings. The Morgan fingerprint density at radius 3 is 2.67 bits per heavy atom. The van der Waals surface area contributed by atoms with Gasteiger partial charge in [0.05, 0.1) is 11.1 Å². The van der Waals surface area contributed by atoms with Gasteiger partial charge in [-0.2, -0.15) is 0 Å². The summed E-state index contributed by atoms with van der Waals surface area (Å²) in [4.78, 5) is 9.13. The zero-order chi connectivity index (χ0) is 15.1. The SMILES string of the molecule is Cc1ccc2nc(C(C)Cl)n(-c3ccc(F)cc3I)c2n1. The van der Waals surface area contributed by atoms with Crippen molar-refractivity contribution in [3.63, 3.8) is 0 Å². The molecule has 0 fully saturated rings. The molecule has 0 bridgehead atoms. The number of hydrogen-bond acceptors (Lipinski definition) is 2. The number of benzene rings is 1. The predicted molar refractivity (Wildman–Crippen MR) is 90.5 cm³/mol. The lowest BCUT2D eigenvalue weighted by molar-refractivity contribution is 0.626. The van der Waals surface area contributed by atoms with Crippen LogP contribution in [0.25, 0.3) is 16.9 Å².